The molecule has 2 aromatic rings. The van der Waals surface area contributed by atoms with Crippen LogP contribution in [0, 0.1) is 10.1 Å². The van der Waals surface area contributed by atoms with Gasteiger partial charge in [-0.05, 0) is 12.1 Å². The second kappa shape index (κ2) is 5.17. The molecule has 0 fully saturated rings. The molecule has 1 heterocycles. The Labute approximate surface area is 113 Å². The molecule has 106 valence electrons. The van der Waals surface area contributed by atoms with Gasteiger partial charge in [0.15, 0.2) is 10.7 Å². The van der Waals surface area contributed by atoms with E-state index in [9.17, 15) is 18.5 Å². The number of benzene rings is 1. The fraction of sp³-hybridized carbons (Fsp3) is 0.100. The van der Waals surface area contributed by atoms with E-state index in [1.165, 1.54) is 31.5 Å². The molecule has 0 radical (unpaired) electrons. The number of hydrogen-bond donors (Lipinski definition) is 2. The zero-order valence-electron chi connectivity index (χ0n) is 10.2. The maximum Gasteiger partial charge on any atom is 0.312 e. The van der Waals surface area contributed by atoms with Crippen molar-refractivity contribution in [3.8, 4) is 0 Å². The minimum absolute atomic E-state index is 0.0610. The summed E-state index contributed by atoms with van der Waals surface area (Å²) >= 11 is 0. The third-order valence-electron chi connectivity index (χ3n) is 2.42. The molecule has 9 nitrogen and oxygen atoms in total. The first-order chi connectivity index (χ1) is 9.45. The van der Waals surface area contributed by atoms with Crippen LogP contribution < -0.4 is 10.0 Å². The SMILES string of the molecule is CNc1cccc(S(=O)(=O)Nc2ccon2)c1[N+](=O)[O-]. The lowest BCUT2D eigenvalue weighted by Gasteiger charge is -2.08. The van der Waals surface area contributed by atoms with E-state index in [0.29, 0.717) is 0 Å². The predicted octanol–water partition coefficient (Wildman–Crippen LogP) is 1.43. The Morgan fingerprint density at radius 2 is 2.10 bits per heavy atom. The summed E-state index contributed by atoms with van der Waals surface area (Å²) in [5.74, 6) is -0.0610. The van der Waals surface area contributed by atoms with Gasteiger partial charge in [-0.2, -0.15) is 0 Å². The Hall–Kier alpha value is -2.62. The van der Waals surface area contributed by atoms with Gasteiger partial charge in [0.25, 0.3) is 10.0 Å². The first kappa shape index (κ1) is 13.8. The predicted molar refractivity (Wildman–Crippen MR) is 70.0 cm³/mol. The van der Waals surface area contributed by atoms with Crippen molar-refractivity contribution in [2.75, 3.05) is 17.1 Å². The molecule has 2 rings (SSSR count). The summed E-state index contributed by atoms with van der Waals surface area (Å²) in [7, 11) is -2.68. The largest absolute Gasteiger partial charge is 0.383 e. The molecule has 0 spiro atoms. The van der Waals surface area contributed by atoms with E-state index in [-0.39, 0.29) is 11.5 Å². The van der Waals surface area contributed by atoms with Crippen LogP contribution in [-0.4, -0.2) is 25.5 Å². The van der Waals surface area contributed by atoms with Crippen LogP contribution in [0.3, 0.4) is 0 Å². The second-order valence-electron chi connectivity index (χ2n) is 3.65. The lowest BCUT2D eigenvalue weighted by atomic mass is 10.3. The maximum absolute atomic E-state index is 12.2. The van der Waals surface area contributed by atoms with Crippen molar-refractivity contribution in [3.63, 3.8) is 0 Å². The molecule has 0 aliphatic carbocycles. The highest BCUT2D eigenvalue weighted by Gasteiger charge is 2.29. The minimum Gasteiger partial charge on any atom is -0.383 e. The molecule has 0 aliphatic rings. The Kier molecular flexibility index (Phi) is 3.57. The Balaban J connectivity index is 2.54. The quantitative estimate of drug-likeness (QED) is 0.631. The number of anilines is 2. The van der Waals surface area contributed by atoms with Gasteiger partial charge in [-0.15, -0.1) is 0 Å². The Morgan fingerprint density at radius 1 is 1.35 bits per heavy atom. The lowest BCUT2D eigenvalue weighted by Crippen LogP contribution is -2.15. The molecule has 2 N–H and O–H groups in total. The standard InChI is InChI=1S/C10H10N4O5S/c1-11-7-3-2-4-8(10(7)14(15)16)20(17,18)13-9-5-6-19-12-9/h2-6,11H,1H3,(H,12,13). The minimum atomic E-state index is -4.15. The smallest absolute Gasteiger partial charge is 0.312 e. The third-order valence-corrected chi connectivity index (χ3v) is 3.80. The number of hydrogen-bond acceptors (Lipinski definition) is 7. The van der Waals surface area contributed by atoms with Gasteiger partial charge in [-0.25, -0.2) is 8.42 Å². The fourth-order valence-corrected chi connectivity index (χ4v) is 2.77. The monoisotopic (exact) mass is 298 g/mol. The summed E-state index contributed by atoms with van der Waals surface area (Å²) < 4.78 is 30.9. The van der Waals surface area contributed by atoms with Crippen molar-refractivity contribution in [2.45, 2.75) is 4.90 Å². The van der Waals surface area contributed by atoms with Gasteiger partial charge in [0, 0.05) is 13.1 Å². The first-order valence-electron chi connectivity index (χ1n) is 5.34. The van der Waals surface area contributed by atoms with Crippen LogP contribution in [0.15, 0.2) is 39.9 Å². The van der Waals surface area contributed by atoms with Crippen LogP contribution >= 0.6 is 0 Å². The zero-order chi connectivity index (χ0) is 14.8. The number of nitrogens with one attached hydrogen (secondary N) is 2. The molecule has 0 bridgehead atoms. The molecule has 1 aromatic heterocycles. The molecular weight excluding hydrogens is 288 g/mol. The van der Waals surface area contributed by atoms with Crippen LogP contribution in [0.2, 0.25) is 0 Å². The summed E-state index contributed by atoms with van der Waals surface area (Å²) in [6, 6.07) is 5.23. The van der Waals surface area contributed by atoms with E-state index in [1.807, 2.05) is 0 Å². The number of rotatable bonds is 5. The van der Waals surface area contributed by atoms with Crippen molar-refractivity contribution in [1.82, 2.24) is 5.16 Å². The van der Waals surface area contributed by atoms with Gasteiger partial charge in [0.05, 0.1) is 4.92 Å². The number of aromatic nitrogens is 1. The Morgan fingerprint density at radius 3 is 2.65 bits per heavy atom. The molecule has 0 atom stereocenters. The van der Waals surface area contributed by atoms with Crippen LogP contribution in [0.25, 0.3) is 0 Å². The van der Waals surface area contributed by atoms with E-state index in [4.69, 9.17) is 0 Å². The molecule has 0 aliphatic heterocycles. The second-order valence-corrected chi connectivity index (χ2v) is 5.30. The molecular formula is C10H10N4O5S. The zero-order valence-corrected chi connectivity index (χ0v) is 11.0. The van der Waals surface area contributed by atoms with Gasteiger partial charge in [0.2, 0.25) is 0 Å². The summed E-state index contributed by atoms with van der Waals surface area (Å²) in [6.07, 6.45) is 1.18. The molecule has 10 heteroatoms. The maximum atomic E-state index is 12.2. The summed E-state index contributed by atoms with van der Waals surface area (Å²) in [5.41, 5.74) is -0.441. The topological polar surface area (TPSA) is 127 Å². The number of nitro groups is 1. The van der Waals surface area contributed by atoms with Gasteiger partial charge < -0.3 is 9.84 Å². The highest BCUT2D eigenvalue weighted by molar-refractivity contribution is 7.92. The van der Waals surface area contributed by atoms with E-state index in [2.05, 4.69) is 19.7 Å². The third kappa shape index (κ3) is 2.54. The molecule has 20 heavy (non-hydrogen) atoms. The summed E-state index contributed by atoms with van der Waals surface area (Å²) in [4.78, 5) is 9.87. The Bertz CT molecular complexity index is 726. The normalized spacial score (nSPS) is 11.1. The van der Waals surface area contributed by atoms with Crippen molar-refractivity contribution in [3.05, 3.63) is 40.6 Å². The summed E-state index contributed by atoms with van der Waals surface area (Å²) in [5, 5.41) is 17.1. The number of sulfonamides is 1. The highest BCUT2D eigenvalue weighted by Crippen LogP contribution is 2.32. The number of nitro benzene ring substituents is 1. The average Bonchev–Trinajstić information content (AvgIpc) is 2.89. The van der Waals surface area contributed by atoms with Gasteiger partial charge in [0.1, 0.15) is 12.0 Å². The summed E-state index contributed by atoms with van der Waals surface area (Å²) in [6.45, 7) is 0. The molecule has 0 saturated carbocycles. The average molecular weight is 298 g/mol. The van der Waals surface area contributed by atoms with Crippen molar-refractivity contribution in [2.24, 2.45) is 0 Å². The van der Waals surface area contributed by atoms with Crippen LogP contribution in [0.1, 0.15) is 0 Å². The van der Waals surface area contributed by atoms with E-state index in [0.717, 1.165) is 6.07 Å². The number of nitrogens with zero attached hydrogens (tertiary/aromatic N) is 2. The van der Waals surface area contributed by atoms with E-state index in [1.54, 1.807) is 0 Å². The van der Waals surface area contributed by atoms with Gasteiger partial charge in [-0.1, -0.05) is 11.2 Å². The van der Waals surface area contributed by atoms with Crippen molar-refractivity contribution >= 4 is 27.2 Å². The van der Waals surface area contributed by atoms with E-state index < -0.39 is 25.5 Å². The molecule has 0 unspecified atom stereocenters. The number of para-hydroxylation sites is 1. The van der Waals surface area contributed by atoms with Gasteiger partial charge in [-0.3, -0.25) is 14.8 Å². The molecule has 0 saturated heterocycles. The van der Waals surface area contributed by atoms with Crippen molar-refractivity contribution in [1.29, 1.82) is 0 Å². The first-order valence-corrected chi connectivity index (χ1v) is 6.82. The molecule has 1 aromatic carbocycles. The van der Waals surface area contributed by atoms with Crippen LogP contribution in [0.4, 0.5) is 17.2 Å². The lowest BCUT2D eigenvalue weighted by molar-refractivity contribution is -0.386. The van der Waals surface area contributed by atoms with Crippen LogP contribution in [0.5, 0.6) is 0 Å². The van der Waals surface area contributed by atoms with Crippen molar-refractivity contribution < 1.29 is 17.9 Å². The molecule has 0 amide bonds. The van der Waals surface area contributed by atoms with E-state index >= 15 is 0 Å². The van der Waals surface area contributed by atoms with Crippen LogP contribution in [-0.2, 0) is 10.0 Å². The highest BCUT2D eigenvalue weighted by atomic mass is 32.2. The fourth-order valence-electron chi connectivity index (χ4n) is 1.59. The van der Waals surface area contributed by atoms with Gasteiger partial charge >= 0.3 is 5.69 Å².